The van der Waals surface area contributed by atoms with Gasteiger partial charge >= 0.3 is 0 Å². The van der Waals surface area contributed by atoms with Gasteiger partial charge in [0.05, 0.1) is 18.8 Å². The van der Waals surface area contributed by atoms with Crippen LogP contribution >= 0.6 is 0 Å². The quantitative estimate of drug-likeness (QED) is 0.401. The lowest BCUT2D eigenvalue weighted by molar-refractivity contribution is -0.143. The van der Waals surface area contributed by atoms with Crippen molar-refractivity contribution in [1.82, 2.24) is 9.80 Å². The van der Waals surface area contributed by atoms with Crippen LogP contribution in [0, 0.1) is 5.82 Å². The summed E-state index contributed by atoms with van der Waals surface area (Å²) < 4.78 is 18.9. The third-order valence-electron chi connectivity index (χ3n) is 7.02. The van der Waals surface area contributed by atoms with E-state index in [-0.39, 0.29) is 17.7 Å². The minimum atomic E-state index is -1.79. The molecule has 2 aromatic rings. The Balaban J connectivity index is 1.63. The highest BCUT2D eigenvalue weighted by Gasteiger charge is 2.66. The van der Waals surface area contributed by atoms with E-state index in [9.17, 15) is 23.9 Å². The van der Waals surface area contributed by atoms with E-state index < -0.39 is 34.7 Å². The summed E-state index contributed by atoms with van der Waals surface area (Å²) >= 11 is 0. The Labute approximate surface area is 202 Å². The number of aliphatic hydroxyl groups excluding tert-OH is 1. The van der Waals surface area contributed by atoms with Crippen molar-refractivity contribution in [2.24, 2.45) is 0 Å². The highest BCUT2D eigenvalue weighted by Crippen LogP contribution is 2.53. The molecule has 8 nitrogen and oxygen atoms in total. The fraction of sp³-hybridized carbons (Fsp3) is 0.346. The van der Waals surface area contributed by atoms with Gasteiger partial charge in [-0.05, 0) is 36.8 Å². The molecule has 35 heavy (non-hydrogen) atoms. The van der Waals surface area contributed by atoms with Gasteiger partial charge in [0.1, 0.15) is 11.6 Å². The summed E-state index contributed by atoms with van der Waals surface area (Å²) in [6.07, 6.45) is 0.532. The molecule has 2 aromatic carbocycles. The number of ether oxygens (including phenoxy) is 1. The van der Waals surface area contributed by atoms with Crippen molar-refractivity contribution in [3.63, 3.8) is 0 Å². The van der Waals surface area contributed by atoms with Crippen LogP contribution in [0.1, 0.15) is 17.5 Å². The summed E-state index contributed by atoms with van der Waals surface area (Å²) in [7, 11) is 1.58. The summed E-state index contributed by atoms with van der Waals surface area (Å²) in [6.45, 7) is 3.65. The van der Waals surface area contributed by atoms with Crippen molar-refractivity contribution in [1.29, 1.82) is 0 Å². The predicted molar refractivity (Wildman–Crippen MR) is 126 cm³/mol. The third kappa shape index (κ3) is 3.54. The molecule has 0 aromatic heterocycles. The molecule has 2 saturated heterocycles. The van der Waals surface area contributed by atoms with E-state index in [0.29, 0.717) is 37.4 Å². The van der Waals surface area contributed by atoms with Crippen molar-refractivity contribution < 1.29 is 28.6 Å². The Morgan fingerprint density at radius 3 is 2.43 bits per heavy atom. The molecular formula is C26H26FN3O5. The number of aliphatic hydroxyl groups is 1. The maximum Gasteiger partial charge on any atom is 0.296 e. The molecule has 2 amide bonds. The molecular weight excluding hydrogens is 453 g/mol. The number of nitrogens with zero attached hydrogens (tertiary/aromatic N) is 3. The lowest BCUT2D eigenvalue weighted by Crippen LogP contribution is -2.52. The molecule has 182 valence electrons. The fourth-order valence-electron chi connectivity index (χ4n) is 5.30. The zero-order valence-electron chi connectivity index (χ0n) is 19.4. The van der Waals surface area contributed by atoms with Gasteiger partial charge in [0.2, 0.25) is 0 Å². The van der Waals surface area contributed by atoms with E-state index in [1.54, 1.807) is 31.3 Å². The van der Waals surface area contributed by atoms with Crippen LogP contribution in [0.25, 0.3) is 5.76 Å². The molecule has 5 rings (SSSR count). The Kier molecular flexibility index (Phi) is 5.90. The van der Waals surface area contributed by atoms with Gasteiger partial charge in [-0.2, -0.15) is 0 Å². The number of benzene rings is 2. The van der Waals surface area contributed by atoms with Gasteiger partial charge in [-0.25, -0.2) is 4.39 Å². The molecule has 1 spiro atoms. The molecule has 1 N–H and O–H groups in total. The molecule has 3 aliphatic rings. The number of carbonyl (C=O) groups is 3. The Morgan fingerprint density at radius 1 is 1.03 bits per heavy atom. The zero-order valence-corrected chi connectivity index (χ0v) is 19.4. The van der Waals surface area contributed by atoms with Gasteiger partial charge in [-0.3, -0.25) is 19.3 Å². The number of amides is 2. The number of para-hydroxylation sites is 1. The van der Waals surface area contributed by atoms with Gasteiger partial charge in [0.25, 0.3) is 17.6 Å². The molecule has 0 bridgehead atoms. The number of carbonyl (C=O) groups excluding carboxylic acids is 3. The number of hydrogen-bond donors (Lipinski definition) is 1. The van der Waals surface area contributed by atoms with Gasteiger partial charge in [0.15, 0.2) is 5.54 Å². The standard InChI is InChI=1S/C26H26FN3O5/c1-28-20-6-3-2-5-19(20)26(25(28)34)21(22(31)17-7-9-18(27)10-8-17)23(32)24(33)30(26)12-4-11-29-13-15-35-16-14-29/h2-3,5-10,31H,4,11-16H2,1H3/t26-/m0/s1. The van der Waals surface area contributed by atoms with E-state index in [2.05, 4.69) is 4.90 Å². The Morgan fingerprint density at radius 2 is 1.71 bits per heavy atom. The molecule has 3 heterocycles. The van der Waals surface area contributed by atoms with Crippen LogP contribution < -0.4 is 4.90 Å². The minimum Gasteiger partial charge on any atom is -0.507 e. The molecule has 3 aliphatic heterocycles. The third-order valence-corrected chi connectivity index (χ3v) is 7.02. The second kappa shape index (κ2) is 8.90. The van der Waals surface area contributed by atoms with Gasteiger partial charge in [-0.1, -0.05) is 18.2 Å². The highest BCUT2D eigenvalue weighted by molar-refractivity contribution is 6.50. The smallest absolute Gasteiger partial charge is 0.296 e. The molecule has 0 saturated carbocycles. The van der Waals surface area contributed by atoms with Crippen LogP contribution in [-0.2, 0) is 24.7 Å². The number of morpholine rings is 1. The van der Waals surface area contributed by atoms with Crippen molar-refractivity contribution in [2.45, 2.75) is 12.0 Å². The largest absolute Gasteiger partial charge is 0.507 e. The van der Waals surface area contributed by atoms with E-state index >= 15 is 0 Å². The fourth-order valence-corrected chi connectivity index (χ4v) is 5.30. The van der Waals surface area contributed by atoms with Crippen LogP contribution in [0.2, 0.25) is 0 Å². The second-order valence-electron chi connectivity index (χ2n) is 8.92. The van der Waals surface area contributed by atoms with Crippen LogP contribution in [0.3, 0.4) is 0 Å². The Hall–Kier alpha value is -3.56. The average Bonchev–Trinajstić information content (AvgIpc) is 3.23. The number of Topliss-reactive ketones (excluding diaryl/α,β-unsaturated/α-hetero) is 1. The number of rotatable bonds is 5. The maximum atomic E-state index is 13.9. The molecule has 0 unspecified atom stereocenters. The zero-order chi connectivity index (χ0) is 24.7. The van der Waals surface area contributed by atoms with E-state index in [1.807, 2.05) is 0 Å². The highest BCUT2D eigenvalue weighted by atomic mass is 19.1. The van der Waals surface area contributed by atoms with E-state index in [0.717, 1.165) is 25.2 Å². The number of halogens is 1. The average molecular weight is 480 g/mol. The first-order chi connectivity index (χ1) is 16.9. The number of likely N-dealkylation sites (N-methyl/N-ethyl adjacent to an activating group) is 1. The molecule has 9 heteroatoms. The first kappa shape index (κ1) is 23.2. The number of likely N-dealkylation sites (tertiary alicyclic amines) is 1. The first-order valence-electron chi connectivity index (χ1n) is 11.6. The SMILES string of the molecule is CN1C(=O)[C@@]2(C(=C(O)c3ccc(F)cc3)C(=O)C(=O)N2CCCN2CCOCC2)c2ccccc21. The van der Waals surface area contributed by atoms with Gasteiger partial charge in [-0.15, -0.1) is 0 Å². The van der Waals surface area contributed by atoms with E-state index in [4.69, 9.17) is 4.74 Å². The summed E-state index contributed by atoms with van der Waals surface area (Å²) in [5.74, 6) is -3.28. The topological polar surface area (TPSA) is 90.4 Å². The molecule has 0 radical (unpaired) electrons. The lowest BCUT2D eigenvalue weighted by atomic mass is 9.82. The number of fused-ring (bicyclic) bond motifs is 2. The molecule has 0 aliphatic carbocycles. The maximum absolute atomic E-state index is 13.9. The summed E-state index contributed by atoms with van der Waals surface area (Å²) in [5.41, 5.74) is -0.910. The van der Waals surface area contributed by atoms with Crippen LogP contribution in [0.5, 0.6) is 0 Å². The summed E-state index contributed by atoms with van der Waals surface area (Å²) in [5, 5.41) is 11.3. The predicted octanol–water partition coefficient (Wildman–Crippen LogP) is 2.10. The van der Waals surface area contributed by atoms with Gasteiger partial charge in [0, 0.05) is 50.0 Å². The van der Waals surface area contributed by atoms with Gasteiger partial charge < -0.3 is 19.6 Å². The lowest BCUT2D eigenvalue weighted by Gasteiger charge is -2.35. The number of ketones is 1. The van der Waals surface area contributed by atoms with Crippen LogP contribution in [0.15, 0.2) is 54.1 Å². The molecule has 2 fully saturated rings. The molecule has 1 atom stereocenters. The second-order valence-corrected chi connectivity index (χ2v) is 8.92. The van der Waals surface area contributed by atoms with Crippen molar-refractivity contribution in [3.05, 3.63) is 71.0 Å². The monoisotopic (exact) mass is 479 g/mol. The van der Waals surface area contributed by atoms with Crippen LogP contribution in [0.4, 0.5) is 10.1 Å². The van der Waals surface area contributed by atoms with E-state index in [1.165, 1.54) is 21.9 Å². The Bertz CT molecular complexity index is 1220. The summed E-state index contributed by atoms with van der Waals surface area (Å²) in [4.78, 5) is 45.6. The van der Waals surface area contributed by atoms with Crippen LogP contribution in [-0.4, -0.2) is 78.9 Å². The number of hydrogen-bond acceptors (Lipinski definition) is 6. The van der Waals surface area contributed by atoms with Crippen molar-refractivity contribution in [2.75, 3.05) is 51.3 Å². The van der Waals surface area contributed by atoms with Crippen molar-refractivity contribution in [3.8, 4) is 0 Å². The number of anilines is 1. The first-order valence-corrected chi connectivity index (χ1v) is 11.6. The van der Waals surface area contributed by atoms with Crippen molar-refractivity contribution >= 4 is 29.0 Å². The summed E-state index contributed by atoms with van der Waals surface area (Å²) in [6, 6.07) is 11.9. The minimum absolute atomic E-state index is 0.149. The normalized spacial score (nSPS) is 24.0.